The van der Waals surface area contributed by atoms with Gasteiger partial charge in [0.15, 0.2) is 0 Å². The number of fused-ring (bicyclic) bond motifs is 1. The van der Waals surface area contributed by atoms with E-state index in [9.17, 15) is 0 Å². The van der Waals surface area contributed by atoms with Gasteiger partial charge >= 0.3 is 0 Å². The summed E-state index contributed by atoms with van der Waals surface area (Å²) in [5.74, 6) is 1.68. The Morgan fingerprint density at radius 3 is 1.83 bits per heavy atom. The minimum atomic E-state index is 0.394. The lowest BCUT2D eigenvalue weighted by Gasteiger charge is -2.30. The second-order valence-electron chi connectivity index (χ2n) is 11.0. The maximum absolute atomic E-state index is 4.83. The Morgan fingerprint density at radius 1 is 0.634 bits per heavy atom. The third-order valence-corrected chi connectivity index (χ3v) is 7.89. The first-order valence-corrected chi connectivity index (χ1v) is 14.6. The molecule has 1 heterocycles. The molecule has 0 saturated heterocycles. The van der Waals surface area contributed by atoms with E-state index in [1.165, 1.54) is 5.56 Å². The standard InChI is InChI=1S/C35H38N6/c1-40(2)34-32-15-9-10-16-33(32)38-35(39-34)37-28-21-19-27(20-22-28)36-25-26-17-23-31(24-18-26)41(29-11-5-3-6-12-29)30-13-7-4-8-14-30/h3-18,23-24,27-28,36H,19-22,25H2,1-2H3,(H,37,38,39)/t27-,28+. The van der Waals surface area contributed by atoms with Crippen molar-refractivity contribution >= 4 is 39.7 Å². The van der Waals surface area contributed by atoms with E-state index in [1.54, 1.807) is 0 Å². The summed E-state index contributed by atoms with van der Waals surface area (Å²) in [5, 5.41) is 8.51. The van der Waals surface area contributed by atoms with Crippen LogP contribution in [0.3, 0.4) is 0 Å². The molecule has 1 saturated carbocycles. The molecule has 1 fully saturated rings. The number of hydrogen-bond acceptors (Lipinski definition) is 6. The molecule has 6 heteroatoms. The fourth-order valence-corrected chi connectivity index (χ4v) is 5.72. The van der Waals surface area contributed by atoms with Crippen LogP contribution in [0.2, 0.25) is 0 Å². The van der Waals surface area contributed by atoms with Crippen LogP contribution < -0.4 is 20.4 Å². The maximum Gasteiger partial charge on any atom is 0.225 e. The van der Waals surface area contributed by atoms with Gasteiger partial charge in [-0.15, -0.1) is 0 Å². The second-order valence-corrected chi connectivity index (χ2v) is 11.0. The van der Waals surface area contributed by atoms with Gasteiger partial charge in [0.1, 0.15) is 5.82 Å². The van der Waals surface area contributed by atoms with Gasteiger partial charge in [-0.2, -0.15) is 4.98 Å². The number of nitrogens with zero attached hydrogens (tertiary/aromatic N) is 4. The van der Waals surface area contributed by atoms with Crippen molar-refractivity contribution in [2.75, 3.05) is 29.2 Å². The Balaban J connectivity index is 1.05. The number of para-hydroxylation sites is 3. The molecule has 0 amide bonds. The zero-order valence-corrected chi connectivity index (χ0v) is 23.9. The smallest absolute Gasteiger partial charge is 0.225 e. The van der Waals surface area contributed by atoms with E-state index in [1.807, 2.05) is 26.2 Å². The minimum Gasteiger partial charge on any atom is -0.362 e. The highest BCUT2D eigenvalue weighted by atomic mass is 15.2. The van der Waals surface area contributed by atoms with Crippen LogP contribution in [-0.4, -0.2) is 36.1 Å². The van der Waals surface area contributed by atoms with Gasteiger partial charge in [0.05, 0.1) is 5.52 Å². The lowest BCUT2D eigenvalue weighted by atomic mass is 9.91. The average Bonchev–Trinajstić information content (AvgIpc) is 3.02. The molecule has 2 N–H and O–H groups in total. The summed E-state index contributed by atoms with van der Waals surface area (Å²) in [4.78, 5) is 14.0. The highest BCUT2D eigenvalue weighted by Crippen LogP contribution is 2.34. The summed E-state index contributed by atoms with van der Waals surface area (Å²) in [6, 6.07) is 39.2. The molecule has 6 rings (SSSR count). The SMILES string of the molecule is CN(C)c1nc(N[C@H]2CC[C@@H](NCc3ccc(N(c4ccccc4)c4ccccc4)cc3)CC2)nc2ccccc12. The van der Waals surface area contributed by atoms with E-state index < -0.39 is 0 Å². The highest BCUT2D eigenvalue weighted by molar-refractivity contribution is 5.90. The summed E-state index contributed by atoms with van der Waals surface area (Å²) >= 11 is 0. The largest absolute Gasteiger partial charge is 0.362 e. The number of hydrogen-bond donors (Lipinski definition) is 2. The first kappa shape index (κ1) is 26.8. The number of aromatic nitrogens is 2. The average molecular weight is 543 g/mol. The first-order valence-electron chi connectivity index (χ1n) is 14.6. The van der Waals surface area contributed by atoms with Crippen LogP contribution in [0.5, 0.6) is 0 Å². The van der Waals surface area contributed by atoms with Crippen LogP contribution in [0.4, 0.5) is 28.8 Å². The van der Waals surface area contributed by atoms with Gasteiger partial charge in [0.2, 0.25) is 5.95 Å². The van der Waals surface area contributed by atoms with E-state index in [-0.39, 0.29) is 0 Å². The topological polar surface area (TPSA) is 56.3 Å². The molecule has 0 aliphatic heterocycles. The molecule has 0 atom stereocenters. The molecule has 1 aliphatic carbocycles. The molecule has 1 aliphatic rings. The van der Waals surface area contributed by atoms with Gasteiger partial charge in [-0.1, -0.05) is 60.7 Å². The molecular weight excluding hydrogens is 504 g/mol. The van der Waals surface area contributed by atoms with Crippen LogP contribution >= 0.6 is 0 Å². The number of nitrogens with one attached hydrogen (secondary N) is 2. The second kappa shape index (κ2) is 12.4. The molecule has 0 radical (unpaired) electrons. The molecule has 0 unspecified atom stereocenters. The zero-order chi connectivity index (χ0) is 28.0. The Bertz CT molecular complexity index is 1510. The maximum atomic E-state index is 4.83. The van der Waals surface area contributed by atoms with Crippen molar-refractivity contribution in [2.24, 2.45) is 0 Å². The Morgan fingerprint density at radius 2 is 1.20 bits per heavy atom. The van der Waals surface area contributed by atoms with Crippen LogP contribution in [0.1, 0.15) is 31.2 Å². The normalized spacial score (nSPS) is 16.8. The van der Waals surface area contributed by atoms with E-state index in [2.05, 4.69) is 117 Å². The van der Waals surface area contributed by atoms with E-state index >= 15 is 0 Å². The van der Waals surface area contributed by atoms with Crippen LogP contribution in [0, 0.1) is 0 Å². The number of rotatable bonds is 9. The predicted molar refractivity (Wildman–Crippen MR) is 171 cm³/mol. The number of benzene rings is 4. The molecule has 4 aromatic carbocycles. The van der Waals surface area contributed by atoms with Crippen molar-refractivity contribution in [3.05, 3.63) is 115 Å². The van der Waals surface area contributed by atoms with Crippen LogP contribution in [0.15, 0.2) is 109 Å². The van der Waals surface area contributed by atoms with Gasteiger partial charge in [-0.05, 0) is 79.8 Å². The predicted octanol–water partition coefficient (Wildman–Crippen LogP) is 7.68. The molecule has 0 spiro atoms. The van der Waals surface area contributed by atoms with Crippen molar-refractivity contribution in [3.8, 4) is 0 Å². The molecule has 41 heavy (non-hydrogen) atoms. The van der Waals surface area contributed by atoms with Crippen molar-refractivity contribution in [2.45, 2.75) is 44.3 Å². The molecule has 5 aromatic rings. The van der Waals surface area contributed by atoms with Gasteiger partial charge in [-0.25, -0.2) is 4.98 Å². The lowest BCUT2D eigenvalue weighted by Crippen LogP contribution is -2.37. The molecular formula is C35H38N6. The van der Waals surface area contributed by atoms with E-state index in [0.717, 1.165) is 72.0 Å². The zero-order valence-electron chi connectivity index (χ0n) is 23.9. The van der Waals surface area contributed by atoms with E-state index in [4.69, 9.17) is 9.97 Å². The van der Waals surface area contributed by atoms with Crippen LogP contribution in [0.25, 0.3) is 10.9 Å². The molecule has 208 valence electrons. The van der Waals surface area contributed by atoms with Gasteiger partial charge in [0, 0.05) is 55.2 Å². The van der Waals surface area contributed by atoms with Crippen molar-refractivity contribution in [1.82, 2.24) is 15.3 Å². The fourth-order valence-electron chi connectivity index (χ4n) is 5.72. The minimum absolute atomic E-state index is 0.394. The third-order valence-electron chi connectivity index (χ3n) is 7.89. The van der Waals surface area contributed by atoms with Crippen LogP contribution in [-0.2, 0) is 6.54 Å². The summed E-state index contributed by atoms with van der Waals surface area (Å²) in [6.45, 7) is 0.875. The monoisotopic (exact) mass is 542 g/mol. The Labute approximate surface area is 243 Å². The highest BCUT2D eigenvalue weighted by Gasteiger charge is 2.22. The van der Waals surface area contributed by atoms with Gasteiger partial charge in [0.25, 0.3) is 0 Å². The van der Waals surface area contributed by atoms with Crippen molar-refractivity contribution in [3.63, 3.8) is 0 Å². The summed E-state index contributed by atoms with van der Waals surface area (Å²) in [6.07, 6.45) is 4.49. The van der Waals surface area contributed by atoms with Crippen molar-refractivity contribution < 1.29 is 0 Å². The summed E-state index contributed by atoms with van der Waals surface area (Å²) < 4.78 is 0. The molecule has 0 bridgehead atoms. The lowest BCUT2D eigenvalue weighted by molar-refractivity contribution is 0.352. The quantitative estimate of drug-likeness (QED) is 0.199. The van der Waals surface area contributed by atoms with Gasteiger partial charge in [-0.3, -0.25) is 0 Å². The Kier molecular flexibility index (Phi) is 8.10. The van der Waals surface area contributed by atoms with E-state index in [0.29, 0.717) is 12.1 Å². The summed E-state index contributed by atoms with van der Waals surface area (Å²) in [7, 11) is 4.07. The molecule has 6 nitrogen and oxygen atoms in total. The van der Waals surface area contributed by atoms with Crippen molar-refractivity contribution in [1.29, 1.82) is 0 Å². The fraction of sp³-hybridized carbons (Fsp3) is 0.257. The Hall–Kier alpha value is -4.42. The first-order chi connectivity index (χ1) is 20.1. The third kappa shape index (κ3) is 6.34. The molecule has 1 aromatic heterocycles. The number of anilines is 5. The van der Waals surface area contributed by atoms with Gasteiger partial charge < -0.3 is 20.4 Å². The summed E-state index contributed by atoms with van der Waals surface area (Å²) in [5.41, 5.74) is 5.75.